The van der Waals surface area contributed by atoms with Crippen molar-refractivity contribution in [1.29, 1.82) is 0 Å². The number of carboxylic acids is 1. The van der Waals surface area contributed by atoms with E-state index < -0.39 is 5.97 Å². The molecule has 0 fully saturated rings. The number of carboxylic acid groups (broad SMARTS) is 1. The summed E-state index contributed by atoms with van der Waals surface area (Å²) in [5.74, 6) is -1.02. The van der Waals surface area contributed by atoms with Crippen LogP contribution in [0.2, 0.25) is 0 Å². The molecule has 0 aliphatic rings. The molecular weight excluding hydrogens is 256 g/mol. The minimum Gasteiger partial charge on any atom is -0.478 e. The van der Waals surface area contributed by atoms with Gasteiger partial charge in [0.05, 0.1) is 23.9 Å². The molecule has 0 atom stereocenters. The topological polar surface area (TPSA) is 72.2 Å². The highest BCUT2D eigenvalue weighted by atomic mass is 16.4. The van der Waals surface area contributed by atoms with Crippen LogP contribution in [0.25, 0.3) is 0 Å². The Labute approximate surface area is 116 Å². The highest BCUT2D eigenvalue weighted by Crippen LogP contribution is 2.12. The minimum absolute atomic E-state index is 0.0303. The van der Waals surface area contributed by atoms with Crippen molar-refractivity contribution in [2.75, 3.05) is 0 Å². The summed E-state index contributed by atoms with van der Waals surface area (Å²) in [5, 5.41) is 13.2. The number of hydrogen-bond donors (Lipinski definition) is 1. The van der Waals surface area contributed by atoms with E-state index in [1.165, 1.54) is 6.20 Å². The third kappa shape index (κ3) is 2.93. The molecule has 0 saturated heterocycles. The molecule has 5 nitrogen and oxygen atoms in total. The summed E-state index contributed by atoms with van der Waals surface area (Å²) in [7, 11) is 0. The number of benzene rings is 1. The lowest BCUT2D eigenvalue weighted by molar-refractivity contribution is 0.0695. The highest BCUT2D eigenvalue weighted by Gasteiger charge is 2.14. The summed E-state index contributed by atoms with van der Waals surface area (Å²) in [4.78, 5) is 23.0. The number of ketones is 1. The van der Waals surface area contributed by atoms with Crippen molar-refractivity contribution in [1.82, 2.24) is 9.78 Å². The molecule has 104 valence electrons. The lowest BCUT2D eigenvalue weighted by Gasteiger charge is -2.05. The van der Waals surface area contributed by atoms with Crippen LogP contribution in [0, 0.1) is 5.92 Å². The number of rotatable bonds is 5. The third-order valence-electron chi connectivity index (χ3n) is 3.02. The second-order valence-corrected chi connectivity index (χ2v) is 4.91. The number of aromatic nitrogens is 2. The average Bonchev–Trinajstić information content (AvgIpc) is 2.86. The number of aromatic carboxylic acids is 1. The molecule has 0 unspecified atom stereocenters. The van der Waals surface area contributed by atoms with E-state index in [-0.39, 0.29) is 17.3 Å². The van der Waals surface area contributed by atoms with Gasteiger partial charge >= 0.3 is 5.97 Å². The Balaban J connectivity index is 2.23. The van der Waals surface area contributed by atoms with E-state index in [0.717, 1.165) is 0 Å². The molecule has 2 aromatic rings. The molecule has 0 spiro atoms. The Kier molecular flexibility index (Phi) is 3.98. The molecule has 0 aliphatic heterocycles. The summed E-state index contributed by atoms with van der Waals surface area (Å²) < 4.78 is 1.58. The van der Waals surface area contributed by atoms with Crippen LogP contribution in [0.1, 0.15) is 40.1 Å². The largest absolute Gasteiger partial charge is 0.478 e. The monoisotopic (exact) mass is 272 g/mol. The van der Waals surface area contributed by atoms with Crippen molar-refractivity contribution < 1.29 is 14.7 Å². The van der Waals surface area contributed by atoms with Crippen molar-refractivity contribution in [2.45, 2.75) is 20.4 Å². The SMILES string of the molecule is CC(C)C(=O)c1cnn(Cc2ccccc2C(=O)O)c1. The predicted molar refractivity (Wildman–Crippen MR) is 73.9 cm³/mol. The quantitative estimate of drug-likeness (QED) is 0.849. The van der Waals surface area contributed by atoms with Crippen LogP contribution < -0.4 is 0 Å². The first kappa shape index (κ1) is 14.0. The first-order valence-corrected chi connectivity index (χ1v) is 6.37. The van der Waals surface area contributed by atoms with Gasteiger partial charge in [-0.1, -0.05) is 32.0 Å². The molecule has 0 bridgehead atoms. The molecule has 5 heteroatoms. The Bertz CT molecular complexity index is 644. The van der Waals surface area contributed by atoms with Gasteiger partial charge in [-0.25, -0.2) is 4.79 Å². The van der Waals surface area contributed by atoms with Gasteiger partial charge in [0.25, 0.3) is 0 Å². The van der Waals surface area contributed by atoms with E-state index in [9.17, 15) is 9.59 Å². The Hall–Kier alpha value is -2.43. The fourth-order valence-electron chi connectivity index (χ4n) is 1.95. The van der Waals surface area contributed by atoms with Crippen LogP contribution in [0.4, 0.5) is 0 Å². The summed E-state index contributed by atoms with van der Waals surface area (Å²) in [6.45, 7) is 3.99. The molecule has 0 amide bonds. The van der Waals surface area contributed by atoms with Gasteiger partial charge < -0.3 is 5.11 Å². The van der Waals surface area contributed by atoms with Crippen LogP contribution >= 0.6 is 0 Å². The fraction of sp³-hybridized carbons (Fsp3) is 0.267. The van der Waals surface area contributed by atoms with E-state index >= 15 is 0 Å². The average molecular weight is 272 g/mol. The van der Waals surface area contributed by atoms with Crippen LogP contribution in [0.3, 0.4) is 0 Å². The first-order chi connectivity index (χ1) is 9.49. The maximum absolute atomic E-state index is 11.8. The molecule has 2 rings (SSSR count). The molecule has 1 aromatic carbocycles. The second kappa shape index (κ2) is 5.69. The second-order valence-electron chi connectivity index (χ2n) is 4.91. The minimum atomic E-state index is -0.966. The first-order valence-electron chi connectivity index (χ1n) is 6.37. The van der Waals surface area contributed by atoms with Crippen molar-refractivity contribution in [3.8, 4) is 0 Å². The molecule has 1 aromatic heterocycles. The molecule has 1 heterocycles. The summed E-state index contributed by atoms with van der Waals surface area (Å²) in [6.07, 6.45) is 3.17. The number of nitrogens with zero attached hydrogens (tertiary/aromatic N) is 2. The standard InChI is InChI=1S/C15H16N2O3/c1-10(2)14(18)12-7-16-17(9-12)8-11-5-3-4-6-13(11)15(19)20/h3-7,9-10H,8H2,1-2H3,(H,19,20). The van der Waals surface area contributed by atoms with Gasteiger partial charge in [0.1, 0.15) is 0 Å². The van der Waals surface area contributed by atoms with Crippen molar-refractivity contribution in [3.05, 3.63) is 53.3 Å². The van der Waals surface area contributed by atoms with Crippen LogP contribution in [0.5, 0.6) is 0 Å². The summed E-state index contributed by atoms with van der Waals surface area (Å²) in [6, 6.07) is 6.77. The molecular formula is C15H16N2O3. The molecule has 0 radical (unpaired) electrons. The smallest absolute Gasteiger partial charge is 0.336 e. The molecule has 20 heavy (non-hydrogen) atoms. The van der Waals surface area contributed by atoms with Crippen molar-refractivity contribution in [3.63, 3.8) is 0 Å². The predicted octanol–water partition coefficient (Wildman–Crippen LogP) is 2.47. The maximum atomic E-state index is 11.8. The number of Topliss-reactive ketones (excluding diaryl/α,β-unsaturated/α-hetero) is 1. The molecule has 1 N–H and O–H groups in total. The van der Waals surface area contributed by atoms with E-state index in [2.05, 4.69) is 5.10 Å². The summed E-state index contributed by atoms with van der Waals surface area (Å²) in [5.41, 5.74) is 1.46. The van der Waals surface area contributed by atoms with Crippen LogP contribution in [-0.4, -0.2) is 26.6 Å². The van der Waals surface area contributed by atoms with E-state index in [4.69, 9.17) is 5.11 Å². The van der Waals surface area contributed by atoms with Gasteiger partial charge in [0, 0.05) is 12.1 Å². The van der Waals surface area contributed by atoms with E-state index in [1.807, 2.05) is 13.8 Å². The molecule has 0 aliphatic carbocycles. The Morgan fingerprint density at radius 2 is 2.00 bits per heavy atom. The zero-order valence-corrected chi connectivity index (χ0v) is 11.4. The van der Waals surface area contributed by atoms with E-state index in [0.29, 0.717) is 17.7 Å². The Morgan fingerprint density at radius 3 is 2.65 bits per heavy atom. The van der Waals surface area contributed by atoms with Gasteiger partial charge in [-0.2, -0.15) is 5.10 Å². The third-order valence-corrected chi connectivity index (χ3v) is 3.02. The summed E-state index contributed by atoms with van der Waals surface area (Å²) >= 11 is 0. The number of carbonyl (C=O) groups excluding carboxylic acids is 1. The number of carbonyl (C=O) groups is 2. The van der Waals surface area contributed by atoms with Gasteiger partial charge in [0.2, 0.25) is 0 Å². The van der Waals surface area contributed by atoms with E-state index in [1.54, 1.807) is 35.1 Å². The van der Waals surface area contributed by atoms with Crippen LogP contribution in [0.15, 0.2) is 36.7 Å². The van der Waals surface area contributed by atoms with Crippen molar-refractivity contribution in [2.24, 2.45) is 5.92 Å². The lowest BCUT2D eigenvalue weighted by Crippen LogP contribution is -2.08. The van der Waals surface area contributed by atoms with Gasteiger partial charge in [0.15, 0.2) is 5.78 Å². The van der Waals surface area contributed by atoms with Gasteiger partial charge in [-0.05, 0) is 11.6 Å². The normalized spacial score (nSPS) is 10.8. The van der Waals surface area contributed by atoms with Crippen molar-refractivity contribution >= 4 is 11.8 Å². The van der Waals surface area contributed by atoms with Crippen LogP contribution in [-0.2, 0) is 6.54 Å². The highest BCUT2D eigenvalue weighted by molar-refractivity contribution is 5.96. The maximum Gasteiger partial charge on any atom is 0.336 e. The lowest BCUT2D eigenvalue weighted by atomic mass is 10.0. The molecule has 0 saturated carbocycles. The zero-order valence-electron chi connectivity index (χ0n) is 11.4. The fourth-order valence-corrected chi connectivity index (χ4v) is 1.95. The zero-order chi connectivity index (χ0) is 14.7. The van der Waals surface area contributed by atoms with Gasteiger partial charge in [-0.15, -0.1) is 0 Å². The van der Waals surface area contributed by atoms with Gasteiger partial charge in [-0.3, -0.25) is 9.48 Å². The Morgan fingerprint density at radius 1 is 1.30 bits per heavy atom. The number of hydrogen-bond acceptors (Lipinski definition) is 3.